The number of hydrogen-bond donors (Lipinski definition) is 1. The summed E-state index contributed by atoms with van der Waals surface area (Å²) in [6, 6.07) is 9.45. The van der Waals surface area contributed by atoms with E-state index in [9.17, 15) is 0 Å². The lowest BCUT2D eigenvalue weighted by molar-refractivity contribution is 0.947. The predicted octanol–water partition coefficient (Wildman–Crippen LogP) is 2.15. The second kappa shape index (κ2) is 5.84. The molecule has 1 N–H and O–H groups in total. The summed E-state index contributed by atoms with van der Waals surface area (Å²) in [5.74, 6) is 1.55. The van der Waals surface area contributed by atoms with Crippen molar-refractivity contribution >= 4 is 5.82 Å². The highest BCUT2D eigenvalue weighted by molar-refractivity contribution is 5.42. The Labute approximate surface area is 121 Å². The molecule has 0 aromatic carbocycles. The Bertz CT molecular complexity index is 756. The van der Waals surface area contributed by atoms with E-state index in [0.717, 1.165) is 17.2 Å². The molecule has 0 saturated carbocycles. The molecule has 3 aromatic rings. The number of anilines is 1. The molecule has 0 bridgehead atoms. The predicted molar refractivity (Wildman–Crippen MR) is 77.6 cm³/mol. The van der Waals surface area contributed by atoms with Gasteiger partial charge in [0.05, 0.1) is 5.56 Å². The van der Waals surface area contributed by atoms with Crippen LogP contribution in [-0.4, -0.2) is 19.5 Å². The Balaban J connectivity index is 1.78. The van der Waals surface area contributed by atoms with Crippen molar-refractivity contribution in [1.82, 2.24) is 19.5 Å². The third kappa shape index (κ3) is 2.87. The molecular formula is C15H12N6. The highest BCUT2D eigenvalue weighted by Gasteiger charge is 2.05. The molecule has 0 spiro atoms. The van der Waals surface area contributed by atoms with E-state index >= 15 is 0 Å². The number of nitrogens with zero attached hydrogens (tertiary/aromatic N) is 5. The number of imidazole rings is 1. The molecule has 0 fully saturated rings. The molecule has 0 aliphatic rings. The van der Waals surface area contributed by atoms with Crippen molar-refractivity contribution in [2.24, 2.45) is 0 Å². The summed E-state index contributed by atoms with van der Waals surface area (Å²) in [5, 5.41) is 12.0. The first-order valence-corrected chi connectivity index (χ1v) is 6.39. The number of rotatable bonds is 4. The van der Waals surface area contributed by atoms with Crippen molar-refractivity contribution in [2.45, 2.75) is 6.54 Å². The summed E-state index contributed by atoms with van der Waals surface area (Å²) in [6.07, 6.45) is 8.58. The Hall–Kier alpha value is -3.20. The Morgan fingerprint density at radius 2 is 2.14 bits per heavy atom. The first kappa shape index (κ1) is 12.8. The first-order chi connectivity index (χ1) is 10.4. The largest absolute Gasteiger partial charge is 0.366 e. The van der Waals surface area contributed by atoms with Crippen LogP contribution >= 0.6 is 0 Å². The maximum Gasteiger partial charge on any atom is 0.142 e. The third-order valence-corrected chi connectivity index (χ3v) is 2.97. The van der Waals surface area contributed by atoms with Crippen LogP contribution in [0.1, 0.15) is 11.1 Å². The Morgan fingerprint density at radius 1 is 1.19 bits per heavy atom. The van der Waals surface area contributed by atoms with Crippen LogP contribution in [0.3, 0.4) is 0 Å². The van der Waals surface area contributed by atoms with Crippen LogP contribution in [0.15, 0.2) is 55.4 Å². The molecule has 0 atom stereocenters. The summed E-state index contributed by atoms with van der Waals surface area (Å²) in [7, 11) is 0. The molecule has 3 heterocycles. The quantitative estimate of drug-likeness (QED) is 0.789. The lowest BCUT2D eigenvalue weighted by Gasteiger charge is -2.10. The van der Waals surface area contributed by atoms with E-state index in [1.165, 1.54) is 0 Å². The van der Waals surface area contributed by atoms with Crippen LogP contribution in [0.2, 0.25) is 0 Å². The zero-order valence-corrected chi connectivity index (χ0v) is 11.1. The van der Waals surface area contributed by atoms with Gasteiger partial charge in [0.1, 0.15) is 24.0 Å². The number of nitriles is 1. The molecule has 21 heavy (non-hydrogen) atoms. The average molecular weight is 276 g/mol. The molecular weight excluding hydrogens is 264 g/mol. The number of pyridine rings is 2. The fourth-order valence-corrected chi connectivity index (χ4v) is 1.94. The van der Waals surface area contributed by atoms with Gasteiger partial charge in [0, 0.05) is 36.9 Å². The summed E-state index contributed by atoms with van der Waals surface area (Å²) in [4.78, 5) is 12.6. The van der Waals surface area contributed by atoms with Crippen LogP contribution in [0, 0.1) is 11.3 Å². The molecule has 0 unspecified atom stereocenters. The molecule has 0 aliphatic carbocycles. The van der Waals surface area contributed by atoms with E-state index in [4.69, 9.17) is 5.26 Å². The van der Waals surface area contributed by atoms with E-state index in [2.05, 4.69) is 20.3 Å². The van der Waals surface area contributed by atoms with Gasteiger partial charge in [0.15, 0.2) is 0 Å². The fraction of sp³-hybridized carbons (Fsp3) is 0.0667. The van der Waals surface area contributed by atoms with Crippen molar-refractivity contribution in [2.75, 3.05) is 5.32 Å². The van der Waals surface area contributed by atoms with Gasteiger partial charge in [-0.05, 0) is 18.2 Å². The number of nitrogens with one attached hydrogen (secondary N) is 1. The molecule has 3 aromatic heterocycles. The van der Waals surface area contributed by atoms with E-state index in [1.54, 1.807) is 37.1 Å². The minimum atomic E-state index is 0.543. The summed E-state index contributed by atoms with van der Waals surface area (Å²) >= 11 is 0. The molecule has 3 rings (SSSR count). The van der Waals surface area contributed by atoms with Gasteiger partial charge >= 0.3 is 0 Å². The van der Waals surface area contributed by atoms with Crippen molar-refractivity contribution < 1.29 is 0 Å². The standard InChI is InChI=1S/C15H12N6/c16-8-12-3-4-14(19-9-12)20-10-13-2-1-5-18-15(13)21-7-6-17-11-21/h1-7,9,11H,10H2,(H,19,20). The lowest BCUT2D eigenvalue weighted by atomic mass is 10.2. The van der Waals surface area contributed by atoms with Gasteiger partial charge in [-0.3, -0.25) is 4.57 Å². The summed E-state index contributed by atoms with van der Waals surface area (Å²) < 4.78 is 1.86. The lowest BCUT2D eigenvalue weighted by Crippen LogP contribution is -2.06. The summed E-state index contributed by atoms with van der Waals surface area (Å²) in [5.41, 5.74) is 1.57. The van der Waals surface area contributed by atoms with E-state index in [1.807, 2.05) is 29.0 Å². The van der Waals surface area contributed by atoms with Crippen LogP contribution in [0.4, 0.5) is 5.82 Å². The zero-order valence-electron chi connectivity index (χ0n) is 11.1. The number of aromatic nitrogens is 4. The molecule has 0 amide bonds. The van der Waals surface area contributed by atoms with E-state index in [-0.39, 0.29) is 0 Å². The van der Waals surface area contributed by atoms with Gasteiger partial charge < -0.3 is 5.32 Å². The SMILES string of the molecule is N#Cc1ccc(NCc2cccnc2-n2ccnc2)nc1. The van der Waals surface area contributed by atoms with E-state index < -0.39 is 0 Å². The van der Waals surface area contributed by atoms with Gasteiger partial charge in [-0.1, -0.05) is 6.07 Å². The van der Waals surface area contributed by atoms with E-state index in [0.29, 0.717) is 12.1 Å². The highest BCUT2D eigenvalue weighted by Crippen LogP contribution is 2.13. The second-order valence-electron chi connectivity index (χ2n) is 4.35. The topological polar surface area (TPSA) is 79.4 Å². The zero-order chi connectivity index (χ0) is 14.5. The van der Waals surface area contributed by atoms with Crippen LogP contribution in [-0.2, 0) is 6.54 Å². The Morgan fingerprint density at radius 3 is 2.86 bits per heavy atom. The maximum absolute atomic E-state index is 8.75. The molecule has 0 radical (unpaired) electrons. The van der Waals surface area contributed by atoms with Gasteiger partial charge in [-0.15, -0.1) is 0 Å². The van der Waals surface area contributed by atoms with Gasteiger partial charge in [-0.2, -0.15) is 5.26 Å². The van der Waals surface area contributed by atoms with Crippen molar-refractivity contribution in [3.8, 4) is 11.9 Å². The Kier molecular flexibility index (Phi) is 3.56. The van der Waals surface area contributed by atoms with Crippen LogP contribution in [0.5, 0.6) is 0 Å². The van der Waals surface area contributed by atoms with Gasteiger partial charge in [-0.25, -0.2) is 15.0 Å². The monoisotopic (exact) mass is 276 g/mol. The van der Waals surface area contributed by atoms with Crippen molar-refractivity contribution in [1.29, 1.82) is 5.26 Å². The molecule has 102 valence electrons. The smallest absolute Gasteiger partial charge is 0.142 e. The van der Waals surface area contributed by atoms with Crippen LogP contribution in [0.25, 0.3) is 5.82 Å². The third-order valence-electron chi connectivity index (χ3n) is 2.97. The average Bonchev–Trinajstić information content (AvgIpc) is 3.08. The molecule has 6 nitrogen and oxygen atoms in total. The highest BCUT2D eigenvalue weighted by atomic mass is 15.1. The molecule has 0 aliphatic heterocycles. The minimum absolute atomic E-state index is 0.543. The van der Waals surface area contributed by atoms with Crippen molar-refractivity contribution in [3.63, 3.8) is 0 Å². The minimum Gasteiger partial charge on any atom is -0.366 e. The van der Waals surface area contributed by atoms with Crippen molar-refractivity contribution in [3.05, 3.63) is 66.5 Å². The fourth-order valence-electron chi connectivity index (χ4n) is 1.94. The normalized spacial score (nSPS) is 10.0. The first-order valence-electron chi connectivity index (χ1n) is 6.39. The van der Waals surface area contributed by atoms with Crippen LogP contribution < -0.4 is 5.32 Å². The van der Waals surface area contributed by atoms with Gasteiger partial charge in [0.2, 0.25) is 0 Å². The van der Waals surface area contributed by atoms with Gasteiger partial charge in [0.25, 0.3) is 0 Å². The second-order valence-corrected chi connectivity index (χ2v) is 4.35. The number of hydrogen-bond acceptors (Lipinski definition) is 5. The molecule has 6 heteroatoms. The molecule has 0 saturated heterocycles. The maximum atomic E-state index is 8.75. The summed E-state index contributed by atoms with van der Waals surface area (Å²) in [6.45, 7) is 0.584.